The van der Waals surface area contributed by atoms with Gasteiger partial charge >= 0.3 is 0 Å². The molecule has 106 valence electrons. The Morgan fingerprint density at radius 1 is 1.42 bits per heavy atom. The van der Waals surface area contributed by atoms with Crippen LogP contribution in [0.4, 0.5) is 0 Å². The van der Waals surface area contributed by atoms with Crippen molar-refractivity contribution in [3.63, 3.8) is 0 Å². The minimum absolute atomic E-state index is 0.0156. The molecule has 1 aromatic carbocycles. The number of para-hydroxylation sites is 1. The average molecular weight is 262 g/mol. The number of ether oxygens (including phenoxy) is 1. The molecule has 3 nitrogen and oxygen atoms in total. The average Bonchev–Trinajstić information content (AvgIpc) is 3.05. The van der Waals surface area contributed by atoms with Crippen molar-refractivity contribution in [2.24, 2.45) is 17.6 Å². The summed E-state index contributed by atoms with van der Waals surface area (Å²) in [7, 11) is 2.16. The SMILES string of the molecule is CCOc1ccccc1C(N)CN(C)CC1CC1C. The van der Waals surface area contributed by atoms with E-state index in [9.17, 15) is 0 Å². The van der Waals surface area contributed by atoms with Crippen LogP contribution in [0.2, 0.25) is 0 Å². The molecule has 0 saturated heterocycles. The van der Waals surface area contributed by atoms with E-state index in [1.54, 1.807) is 0 Å². The highest BCUT2D eigenvalue weighted by Gasteiger charge is 2.33. The van der Waals surface area contributed by atoms with Gasteiger partial charge in [0.2, 0.25) is 0 Å². The van der Waals surface area contributed by atoms with Gasteiger partial charge in [-0.25, -0.2) is 0 Å². The lowest BCUT2D eigenvalue weighted by Crippen LogP contribution is -2.31. The lowest BCUT2D eigenvalue weighted by Gasteiger charge is -2.23. The fraction of sp³-hybridized carbons (Fsp3) is 0.625. The van der Waals surface area contributed by atoms with E-state index in [0.717, 1.165) is 36.2 Å². The van der Waals surface area contributed by atoms with Gasteiger partial charge in [0.1, 0.15) is 5.75 Å². The second-order valence-electron chi connectivity index (χ2n) is 5.77. The van der Waals surface area contributed by atoms with Crippen LogP contribution in [0.25, 0.3) is 0 Å². The molecule has 0 aliphatic heterocycles. The van der Waals surface area contributed by atoms with E-state index >= 15 is 0 Å². The van der Waals surface area contributed by atoms with Crippen LogP contribution >= 0.6 is 0 Å². The normalized spacial score (nSPS) is 23.4. The van der Waals surface area contributed by atoms with Gasteiger partial charge in [-0.05, 0) is 38.3 Å². The van der Waals surface area contributed by atoms with Crippen molar-refractivity contribution in [1.82, 2.24) is 4.90 Å². The molecule has 3 unspecified atom stereocenters. The number of likely N-dealkylation sites (N-methyl/N-ethyl adjacent to an activating group) is 1. The molecule has 1 aliphatic rings. The van der Waals surface area contributed by atoms with Crippen molar-refractivity contribution in [3.05, 3.63) is 29.8 Å². The lowest BCUT2D eigenvalue weighted by atomic mass is 10.1. The Morgan fingerprint density at radius 2 is 2.11 bits per heavy atom. The fourth-order valence-corrected chi connectivity index (χ4v) is 2.64. The second kappa shape index (κ2) is 6.40. The van der Waals surface area contributed by atoms with Crippen molar-refractivity contribution in [1.29, 1.82) is 0 Å². The predicted octanol–water partition coefficient (Wildman–Crippen LogP) is 2.67. The summed E-state index contributed by atoms with van der Waals surface area (Å²) in [4.78, 5) is 2.35. The van der Waals surface area contributed by atoms with Crippen LogP contribution in [-0.4, -0.2) is 31.6 Å². The van der Waals surface area contributed by atoms with Crippen LogP contribution in [0.15, 0.2) is 24.3 Å². The highest BCUT2D eigenvalue weighted by molar-refractivity contribution is 5.35. The first-order valence-corrected chi connectivity index (χ1v) is 7.27. The first kappa shape index (κ1) is 14.4. The Morgan fingerprint density at radius 3 is 2.74 bits per heavy atom. The van der Waals surface area contributed by atoms with E-state index in [2.05, 4.69) is 24.9 Å². The molecule has 2 N–H and O–H groups in total. The molecule has 0 radical (unpaired) electrons. The molecule has 1 aromatic rings. The number of benzene rings is 1. The topological polar surface area (TPSA) is 38.5 Å². The molecule has 1 fully saturated rings. The molecular formula is C16H26N2O. The van der Waals surface area contributed by atoms with Crippen LogP contribution in [-0.2, 0) is 0 Å². The summed E-state index contributed by atoms with van der Waals surface area (Å²) in [5, 5.41) is 0. The molecule has 0 heterocycles. The maximum atomic E-state index is 6.34. The number of hydrogen-bond donors (Lipinski definition) is 1. The zero-order chi connectivity index (χ0) is 13.8. The van der Waals surface area contributed by atoms with E-state index in [4.69, 9.17) is 10.5 Å². The summed E-state index contributed by atoms with van der Waals surface area (Å²) in [6, 6.07) is 8.12. The van der Waals surface area contributed by atoms with Gasteiger partial charge in [-0.15, -0.1) is 0 Å². The van der Waals surface area contributed by atoms with E-state index in [-0.39, 0.29) is 6.04 Å². The van der Waals surface area contributed by atoms with Gasteiger partial charge in [0.25, 0.3) is 0 Å². The minimum atomic E-state index is 0.0156. The molecule has 0 bridgehead atoms. The van der Waals surface area contributed by atoms with Gasteiger partial charge in [-0.2, -0.15) is 0 Å². The number of hydrogen-bond acceptors (Lipinski definition) is 3. The summed E-state index contributed by atoms with van der Waals surface area (Å²) < 4.78 is 5.65. The zero-order valence-electron chi connectivity index (χ0n) is 12.3. The number of rotatable bonds is 7. The Balaban J connectivity index is 1.92. The van der Waals surface area contributed by atoms with Crippen molar-refractivity contribution in [2.75, 3.05) is 26.7 Å². The Hall–Kier alpha value is -1.06. The third-order valence-electron chi connectivity index (χ3n) is 3.95. The third kappa shape index (κ3) is 3.95. The maximum absolute atomic E-state index is 6.34. The number of nitrogens with zero attached hydrogens (tertiary/aromatic N) is 1. The molecule has 1 aliphatic carbocycles. The standard InChI is InChI=1S/C16H26N2O/c1-4-19-16-8-6-5-7-14(16)15(17)11-18(3)10-13-9-12(13)2/h5-8,12-13,15H,4,9-11,17H2,1-3H3. The first-order chi connectivity index (χ1) is 9.11. The summed E-state index contributed by atoms with van der Waals surface area (Å²) >= 11 is 0. The van der Waals surface area contributed by atoms with Crippen LogP contribution in [0.5, 0.6) is 5.75 Å². The molecule has 2 rings (SSSR count). The predicted molar refractivity (Wildman–Crippen MR) is 79.3 cm³/mol. The van der Waals surface area contributed by atoms with Gasteiger partial charge in [-0.1, -0.05) is 25.1 Å². The molecule has 19 heavy (non-hydrogen) atoms. The van der Waals surface area contributed by atoms with Crippen LogP contribution < -0.4 is 10.5 Å². The largest absolute Gasteiger partial charge is 0.494 e. The van der Waals surface area contributed by atoms with Gasteiger partial charge in [0.15, 0.2) is 0 Å². The monoisotopic (exact) mass is 262 g/mol. The van der Waals surface area contributed by atoms with Crippen molar-refractivity contribution in [3.8, 4) is 5.75 Å². The molecule has 3 atom stereocenters. The minimum Gasteiger partial charge on any atom is -0.494 e. The Kier molecular flexibility index (Phi) is 4.83. The zero-order valence-corrected chi connectivity index (χ0v) is 12.3. The quantitative estimate of drug-likeness (QED) is 0.821. The second-order valence-corrected chi connectivity index (χ2v) is 5.77. The summed E-state index contributed by atoms with van der Waals surface area (Å²) in [6.45, 7) is 7.05. The van der Waals surface area contributed by atoms with Crippen LogP contribution in [0.1, 0.15) is 31.9 Å². The van der Waals surface area contributed by atoms with Crippen molar-refractivity contribution in [2.45, 2.75) is 26.3 Å². The Labute approximate surface area is 116 Å². The van der Waals surface area contributed by atoms with Crippen molar-refractivity contribution < 1.29 is 4.74 Å². The van der Waals surface area contributed by atoms with Gasteiger partial charge in [0, 0.05) is 24.7 Å². The highest BCUT2D eigenvalue weighted by atomic mass is 16.5. The Bertz CT molecular complexity index is 407. The summed E-state index contributed by atoms with van der Waals surface area (Å²) in [5.41, 5.74) is 7.45. The van der Waals surface area contributed by atoms with E-state index in [1.165, 1.54) is 6.42 Å². The molecule has 1 saturated carbocycles. The van der Waals surface area contributed by atoms with E-state index < -0.39 is 0 Å². The van der Waals surface area contributed by atoms with Gasteiger partial charge in [-0.3, -0.25) is 0 Å². The molecule has 3 heteroatoms. The summed E-state index contributed by atoms with van der Waals surface area (Å²) in [5.74, 6) is 2.69. The number of nitrogens with two attached hydrogens (primary N) is 1. The lowest BCUT2D eigenvalue weighted by molar-refractivity contribution is 0.288. The van der Waals surface area contributed by atoms with E-state index in [0.29, 0.717) is 6.61 Å². The third-order valence-corrected chi connectivity index (χ3v) is 3.95. The molecular weight excluding hydrogens is 236 g/mol. The first-order valence-electron chi connectivity index (χ1n) is 7.27. The van der Waals surface area contributed by atoms with Gasteiger partial charge < -0.3 is 15.4 Å². The van der Waals surface area contributed by atoms with Gasteiger partial charge in [0.05, 0.1) is 6.61 Å². The van der Waals surface area contributed by atoms with E-state index in [1.807, 2.05) is 25.1 Å². The van der Waals surface area contributed by atoms with Crippen molar-refractivity contribution >= 4 is 0 Å². The maximum Gasteiger partial charge on any atom is 0.124 e. The van der Waals surface area contributed by atoms with Crippen LogP contribution in [0, 0.1) is 11.8 Å². The molecule has 0 spiro atoms. The smallest absolute Gasteiger partial charge is 0.124 e. The van der Waals surface area contributed by atoms with Crippen LogP contribution in [0.3, 0.4) is 0 Å². The summed E-state index contributed by atoms with van der Waals surface area (Å²) in [6.07, 6.45) is 1.37. The fourth-order valence-electron chi connectivity index (χ4n) is 2.64. The highest BCUT2D eigenvalue weighted by Crippen LogP contribution is 2.38. The molecule has 0 aromatic heterocycles. The molecule has 0 amide bonds.